The van der Waals surface area contributed by atoms with Crippen LogP contribution in [0.15, 0.2) is 6.07 Å². The Balaban J connectivity index is 3.44. The first kappa shape index (κ1) is 13.5. The number of carbonyl (C=O) groups is 1. The molecule has 0 saturated heterocycles. The van der Waals surface area contributed by atoms with Crippen LogP contribution in [0.4, 0.5) is 8.78 Å². The Kier molecular flexibility index (Phi) is 4.52. The molecule has 0 atom stereocenters. The van der Waals surface area contributed by atoms with E-state index >= 15 is 0 Å². The molecule has 0 amide bonds. The minimum atomic E-state index is -2.82. The molecule has 0 aliphatic heterocycles. The zero-order valence-electron chi connectivity index (χ0n) is 8.71. The summed E-state index contributed by atoms with van der Waals surface area (Å²) in [6.45, 7) is 0. The van der Waals surface area contributed by atoms with E-state index in [0.29, 0.717) is 0 Å². The third-order valence-corrected chi connectivity index (χ3v) is 2.60. The summed E-state index contributed by atoms with van der Waals surface area (Å²) in [5.41, 5.74) is -0.837. The summed E-state index contributed by atoms with van der Waals surface area (Å²) < 4.78 is 29.7. The molecule has 0 N–H and O–H groups in total. The van der Waals surface area contributed by atoms with Crippen LogP contribution in [0.3, 0.4) is 0 Å². The van der Waals surface area contributed by atoms with Gasteiger partial charge in [0.25, 0.3) is 6.43 Å². The molecule has 0 aliphatic rings. The van der Waals surface area contributed by atoms with Gasteiger partial charge in [-0.2, -0.15) is 5.26 Å². The summed E-state index contributed by atoms with van der Waals surface area (Å²) in [6, 6.07) is 2.61. The first-order chi connectivity index (χ1) is 8.04. The maximum Gasteiger partial charge on any atom is 0.357 e. The number of nitrogens with zero attached hydrogens (tertiary/aromatic N) is 2. The quantitative estimate of drug-likeness (QED) is 0.636. The third-order valence-electron chi connectivity index (χ3n) is 1.99. The van der Waals surface area contributed by atoms with Gasteiger partial charge in [-0.25, -0.2) is 18.6 Å². The van der Waals surface area contributed by atoms with Crippen LogP contribution in [0.1, 0.15) is 33.7 Å². The average molecular weight is 305 g/mol. The lowest BCUT2D eigenvalue weighted by Gasteiger charge is -2.08. The van der Waals surface area contributed by atoms with Gasteiger partial charge in [-0.1, -0.05) is 15.9 Å². The Morgan fingerprint density at radius 3 is 2.76 bits per heavy atom. The zero-order valence-corrected chi connectivity index (χ0v) is 10.3. The fourth-order valence-corrected chi connectivity index (χ4v) is 1.63. The normalized spacial score (nSPS) is 10.1. The van der Waals surface area contributed by atoms with Crippen LogP contribution in [0.5, 0.6) is 0 Å². The maximum atomic E-state index is 12.6. The second-order valence-corrected chi connectivity index (χ2v) is 3.53. The minimum absolute atomic E-state index is 0.134. The molecule has 0 unspecified atom stereocenters. The predicted molar refractivity (Wildman–Crippen MR) is 57.9 cm³/mol. The fourth-order valence-electron chi connectivity index (χ4n) is 1.20. The number of aromatic nitrogens is 1. The molecule has 7 heteroatoms. The molecule has 90 valence electrons. The van der Waals surface area contributed by atoms with Crippen LogP contribution < -0.4 is 0 Å². The summed E-state index contributed by atoms with van der Waals surface area (Å²) in [5, 5.41) is 8.86. The van der Waals surface area contributed by atoms with E-state index in [-0.39, 0.29) is 16.6 Å². The highest BCUT2D eigenvalue weighted by Gasteiger charge is 2.21. The van der Waals surface area contributed by atoms with Crippen LogP contribution >= 0.6 is 15.9 Å². The molecule has 1 rings (SSSR count). The Morgan fingerprint density at radius 1 is 1.71 bits per heavy atom. The number of rotatable bonds is 3. The third kappa shape index (κ3) is 2.77. The van der Waals surface area contributed by atoms with E-state index in [4.69, 9.17) is 5.26 Å². The fraction of sp³-hybridized carbons (Fsp3) is 0.300. The average Bonchev–Trinajstić information content (AvgIpc) is 2.35. The second kappa shape index (κ2) is 5.68. The van der Waals surface area contributed by atoms with Gasteiger partial charge in [-0.05, 0) is 11.6 Å². The van der Waals surface area contributed by atoms with Crippen molar-refractivity contribution in [2.45, 2.75) is 11.8 Å². The molecule has 0 radical (unpaired) electrons. The monoisotopic (exact) mass is 304 g/mol. The summed E-state index contributed by atoms with van der Waals surface area (Å²) in [4.78, 5) is 14.9. The lowest BCUT2D eigenvalue weighted by Crippen LogP contribution is -2.11. The van der Waals surface area contributed by atoms with Gasteiger partial charge < -0.3 is 4.74 Å². The lowest BCUT2D eigenvalue weighted by molar-refractivity contribution is 0.0592. The first-order valence-electron chi connectivity index (χ1n) is 4.41. The van der Waals surface area contributed by atoms with Crippen LogP contribution in [-0.4, -0.2) is 18.1 Å². The van der Waals surface area contributed by atoms with Gasteiger partial charge >= 0.3 is 5.97 Å². The van der Waals surface area contributed by atoms with Crippen LogP contribution in [-0.2, 0) is 10.1 Å². The molecule has 0 fully saturated rings. The molecule has 1 aromatic heterocycles. The number of carbonyl (C=O) groups excluding carboxylic acids is 1. The number of methoxy groups -OCH3 is 1. The molecule has 0 spiro atoms. The van der Waals surface area contributed by atoms with Crippen LogP contribution in [0.2, 0.25) is 0 Å². The number of ether oxygens (including phenoxy) is 1. The first-order valence-corrected chi connectivity index (χ1v) is 5.53. The van der Waals surface area contributed by atoms with E-state index in [1.807, 2.05) is 0 Å². The Labute approximate surface area is 104 Å². The van der Waals surface area contributed by atoms with Crippen molar-refractivity contribution in [3.63, 3.8) is 0 Å². The highest BCUT2D eigenvalue weighted by atomic mass is 79.9. The minimum Gasteiger partial charge on any atom is -0.464 e. The van der Waals surface area contributed by atoms with E-state index in [9.17, 15) is 13.6 Å². The van der Waals surface area contributed by atoms with Crippen molar-refractivity contribution in [1.82, 2.24) is 4.98 Å². The van der Waals surface area contributed by atoms with Crippen LogP contribution in [0, 0.1) is 11.3 Å². The molecule has 0 aromatic carbocycles. The van der Waals surface area contributed by atoms with Crippen molar-refractivity contribution in [2.24, 2.45) is 0 Å². The van der Waals surface area contributed by atoms with Crippen molar-refractivity contribution >= 4 is 21.9 Å². The SMILES string of the molecule is COC(=O)c1nc(C#N)c(C(F)F)cc1CBr. The summed E-state index contributed by atoms with van der Waals surface area (Å²) in [6.07, 6.45) is -2.82. The molecule has 1 aromatic rings. The number of pyridine rings is 1. The lowest BCUT2D eigenvalue weighted by atomic mass is 10.1. The van der Waals surface area contributed by atoms with Gasteiger partial charge in [0.05, 0.1) is 12.7 Å². The molecule has 17 heavy (non-hydrogen) atoms. The summed E-state index contributed by atoms with van der Waals surface area (Å²) in [7, 11) is 1.15. The number of nitriles is 1. The van der Waals surface area contributed by atoms with Gasteiger partial charge in [-0.3, -0.25) is 0 Å². The number of alkyl halides is 3. The standard InChI is InChI=1S/C10H7BrF2N2O2/c1-17-10(16)8-5(3-11)2-6(9(12)13)7(4-14)15-8/h2,9H,3H2,1H3. The van der Waals surface area contributed by atoms with Gasteiger partial charge in [0.15, 0.2) is 5.69 Å². The van der Waals surface area contributed by atoms with Gasteiger partial charge in [0, 0.05) is 5.33 Å². The summed E-state index contributed by atoms with van der Waals surface area (Å²) >= 11 is 3.06. The largest absolute Gasteiger partial charge is 0.464 e. The highest BCUT2D eigenvalue weighted by molar-refractivity contribution is 9.08. The van der Waals surface area contributed by atoms with Gasteiger partial charge in [-0.15, -0.1) is 0 Å². The molecule has 1 heterocycles. The zero-order chi connectivity index (χ0) is 13.0. The number of hydrogen-bond acceptors (Lipinski definition) is 4. The molecule has 0 aliphatic carbocycles. The van der Waals surface area contributed by atoms with Crippen LogP contribution in [0.25, 0.3) is 0 Å². The van der Waals surface area contributed by atoms with E-state index in [0.717, 1.165) is 13.2 Å². The predicted octanol–water partition coefficient (Wildman–Crippen LogP) is 2.57. The molecule has 0 saturated carbocycles. The number of hydrogen-bond donors (Lipinski definition) is 0. The van der Waals surface area contributed by atoms with Crippen molar-refractivity contribution in [3.05, 3.63) is 28.6 Å². The number of halogens is 3. The molecular weight excluding hydrogens is 298 g/mol. The molecule has 0 bridgehead atoms. The topological polar surface area (TPSA) is 63.0 Å². The van der Waals surface area contributed by atoms with Gasteiger partial charge in [0.2, 0.25) is 0 Å². The molecule has 4 nitrogen and oxygen atoms in total. The van der Waals surface area contributed by atoms with E-state index in [2.05, 4.69) is 25.7 Å². The Bertz CT molecular complexity index is 486. The second-order valence-electron chi connectivity index (χ2n) is 2.97. The maximum absolute atomic E-state index is 12.6. The molecular formula is C10H7BrF2N2O2. The van der Waals surface area contributed by atoms with Crippen molar-refractivity contribution < 1.29 is 18.3 Å². The van der Waals surface area contributed by atoms with Crippen molar-refractivity contribution in [3.8, 4) is 6.07 Å². The highest BCUT2D eigenvalue weighted by Crippen LogP contribution is 2.25. The van der Waals surface area contributed by atoms with Crippen molar-refractivity contribution in [2.75, 3.05) is 7.11 Å². The van der Waals surface area contributed by atoms with E-state index in [1.54, 1.807) is 0 Å². The summed E-state index contributed by atoms with van der Waals surface area (Å²) in [5.74, 6) is -0.767. The Hall–Kier alpha value is -1.55. The smallest absolute Gasteiger partial charge is 0.357 e. The van der Waals surface area contributed by atoms with E-state index < -0.39 is 23.7 Å². The van der Waals surface area contributed by atoms with Gasteiger partial charge in [0.1, 0.15) is 11.8 Å². The number of esters is 1. The van der Waals surface area contributed by atoms with E-state index in [1.165, 1.54) is 6.07 Å². The Morgan fingerprint density at radius 2 is 2.35 bits per heavy atom. The van der Waals surface area contributed by atoms with Crippen molar-refractivity contribution in [1.29, 1.82) is 5.26 Å².